The average Bonchev–Trinajstić information content (AvgIpc) is 3.14. The fraction of sp³-hybridized carbons (Fsp3) is 0.190. The molecule has 0 spiro atoms. The minimum absolute atomic E-state index is 0.0862. The smallest absolute Gasteiger partial charge is 0.230 e. The number of ether oxygens (including phenoxy) is 1. The van der Waals surface area contributed by atoms with E-state index >= 15 is 0 Å². The normalized spacial score (nSPS) is 10.6. The number of hydrogen-bond acceptors (Lipinski definition) is 5. The molecule has 0 atom stereocenters. The largest absolute Gasteiger partial charge is 0.496 e. The van der Waals surface area contributed by atoms with Crippen LogP contribution in [0, 0.1) is 0 Å². The number of rotatable bonds is 9. The maximum atomic E-state index is 12.2. The summed E-state index contributed by atoms with van der Waals surface area (Å²) in [6, 6.07) is 15.0. The molecule has 0 unspecified atom stereocenters. The van der Waals surface area contributed by atoms with Gasteiger partial charge in [0.05, 0.1) is 18.4 Å². The minimum atomic E-state index is -0.0862. The molecule has 1 heterocycles. The van der Waals surface area contributed by atoms with Gasteiger partial charge in [0, 0.05) is 18.1 Å². The van der Waals surface area contributed by atoms with Gasteiger partial charge in [-0.15, -0.1) is 16.8 Å². The molecule has 29 heavy (non-hydrogen) atoms. The number of para-hydroxylation sites is 1. The summed E-state index contributed by atoms with van der Waals surface area (Å²) in [6.07, 6.45) is 1.77. The maximum Gasteiger partial charge on any atom is 0.230 e. The maximum absolute atomic E-state index is 12.2. The van der Waals surface area contributed by atoms with Gasteiger partial charge < -0.3 is 10.1 Å². The topological polar surface area (TPSA) is 69.0 Å². The second kappa shape index (κ2) is 10.1. The third kappa shape index (κ3) is 5.40. The molecule has 0 aliphatic heterocycles. The van der Waals surface area contributed by atoms with E-state index in [0.29, 0.717) is 34.8 Å². The molecule has 1 N–H and O–H groups in total. The van der Waals surface area contributed by atoms with Crippen LogP contribution in [0.3, 0.4) is 0 Å². The van der Waals surface area contributed by atoms with E-state index in [1.54, 1.807) is 25.3 Å². The van der Waals surface area contributed by atoms with Crippen LogP contribution in [-0.4, -0.2) is 33.5 Å². The van der Waals surface area contributed by atoms with Crippen molar-refractivity contribution < 1.29 is 9.53 Å². The van der Waals surface area contributed by atoms with Crippen LogP contribution in [0.2, 0.25) is 5.02 Å². The minimum Gasteiger partial charge on any atom is -0.496 e. The van der Waals surface area contributed by atoms with Crippen molar-refractivity contribution >= 4 is 29.3 Å². The first-order chi connectivity index (χ1) is 14.1. The van der Waals surface area contributed by atoms with Crippen molar-refractivity contribution in [1.82, 2.24) is 20.1 Å². The Kier molecular flexibility index (Phi) is 7.32. The van der Waals surface area contributed by atoms with Gasteiger partial charge in [-0.2, -0.15) is 0 Å². The van der Waals surface area contributed by atoms with E-state index < -0.39 is 0 Å². The van der Waals surface area contributed by atoms with Crippen LogP contribution < -0.4 is 10.1 Å². The Morgan fingerprint density at radius 3 is 2.72 bits per heavy atom. The summed E-state index contributed by atoms with van der Waals surface area (Å²) in [5.41, 5.74) is 1.82. The number of halogens is 1. The molecule has 8 heteroatoms. The number of benzene rings is 2. The molecule has 0 radical (unpaired) electrons. The van der Waals surface area contributed by atoms with Crippen LogP contribution in [-0.2, 0) is 17.9 Å². The molecule has 1 amide bonds. The van der Waals surface area contributed by atoms with Crippen molar-refractivity contribution in [1.29, 1.82) is 0 Å². The molecular formula is C21H21ClN4O2S. The first-order valence-electron chi connectivity index (χ1n) is 8.93. The van der Waals surface area contributed by atoms with E-state index in [-0.39, 0.29) is 11.7 Å². The second-order valence-electron chi connectivity index (χ2n) is 6.10. The van der Waals surface area contributed by atoms with E-state index in [0.717, 1.165) is 11.1 Å². The summed E-state index contributed by atoms with van der Waals surface area (Å²) in [5.74, 6) is 1.53. The molecule has 0 aliphatic carbocycles. The number of nitrogens with one attached hydrogen (secondary N) is 1. The van der Waals surface area contributed by atoms with Crippen molar-refractivity contribution in [2.45, 2.75) is 18.2 Å². The van der Waals surface area contributed by atoms with Gasteiger partial charge in [-0.1, -0.05) is 53.7 Å². The third-order valence-electron chi connectivity index (χ3n) is 4.11. The zero-order valence-electron chi connectivity index (χ0n) is 16.0. The molecule has 2 aromatic carbocycles. The van der Waals surface area contributed by atoms with Crippen LogP contribution in [0.15, 0.2) is 66.3 Å². The number of hydrogen-bond donors (Lipinski definition) is 1. The Morgan fingerprint density at radius 1 is 1.24 bits per heavy atom. The molecular weight excluding hydrogens is 408 g/mol. The average molecular weight is 429 g/mol. The fourth-order valence-electron chi connectivity index (χ4n) is 2.70. The van der Waals surface area contributed by atoms with Crippen LogP contribution >= 0.6 is 23.4 Å². The van der Waals surface area contributed by atoms with E-state index in [9.17, 15) is 4.79 Å². The Hall–Kier alpha value is -2.77. The summed E-state index contributed by atoms with van der Waals surface area (Å²) in [6.45, 7) is 4.78. The molecule has 3 aromatic rings. The number of carbonyl (C=O) groups is 1. The van der Waals surface area contributed by atoms with Crippen LogP contribution in [0.1, 0.15) is 5.56 Å². The molecule has 6 nitrogen and oxygen atoms in total. The predicted octanol–water partition coefficient (Wildman–Crippen LogP) is 4.20. The summed E-state index contributed by atoms with van der Waals surface area (Å²) < 4.78 is 7.35. The number of nitrogens with zero attached hydrogens (tertiary/aromatic N) is 3. The molecule has 0 aliphatic rings. The Balaban J connectivity index is 1.67. The second-order valence-corrected chi connectivity index (χ2v) is 7.48. The highest BCUT2D eigenvalue weighted by Crippen LogP contribution is 2.30. The zero-order chi connectivity index (χ0) is 20.6. The molecule has 0 saturated heterocycles. The third-order valence-corrected chi connectivity index (χ3v) is 5.33. The summed E-state index contributed by atoms with van der Waals surface area (Å²) >= 11 is 7.21. The van der Waals surface area contributed by atoms with Gasteiger partial charge in [0.15, 0.2) is 11.0 Å². The quantitative estimate of drug-likeness (QED) is 0.408. The van der Waals surface area contributed by atoms with Gasteiger partial charge in [0.2, 0.25) is 5.91 Å². The van der Waals surface area contributed by atoms with Gasteiger partial charge >= 0.3 is 0 Å². The summed E-state index contributed by atoms with van der Waals surface area (Å²) in [5, 5.41) is 12.8. The number of amides is 1. The molecule has 0 bridgehead atoms. The first kappa shape index (κ1) is 21.0. The molecule has 0 saturated carbocycles. The highest BCUT2D eigenvalue weighted by Gasteiger charge is 2.17. The Morgan fingerprint density at radius 2 is 2.00 bits per heavy atom. The lowest BCUT2D eigenvalue weighted by Gasteiger charge is -2.10. The number of aromatic nitrogens is 3. The lowest BCUT2D eigenvalue weighted by molar-refractivity contribution is -0.118. The van der Waals surface area contributed by atoms with Crippen LogP contribution in [0.4, 0.5) is 0 Å². The number of methoxy groups -OCH3 is 1. The molecule has 3 rings (SSSR count). The van der Waals surface area contributed by atoms with E-state index in [1.807, 2.05) is 41.0 Å². The Bertz CT molecular complexity index is 989. The van der Waals surface area contributed by atoms with Gasteiger partial charge in [-0.25, -0.2) is 0 Å². The van der Waals surface area contributed by atoms with Crippen molar-refractivity contribution in [3.8, 4) is 17.1 Å². The molecule has 1 aromatic heterocycles. The van der Waals surface area contributed by atoms with Gasteiger partial charge in [0.1, 0.15) is 5.75 Å². The van der Waals surface area contributed by atoms with E-state index in [4.69, 9.17) is 16.3 Å². The van der Waals surface area contributed by atoms with Crippen molar-refractivity contribution in [3.63, 3.8) is 0 Å². The molecule has 0 fully saturated rings. The standard InChI is InChI=1S/C21H21ClN4O2S/c1-3-12-26-20(17-6-4-5-7-18(17)28-2)24-25-21(26)29-14-19(27)23-13-15-8-10-16(22)11-9-15/h3-11H,1,12-14H2,2H3,(H,23,27). The monoisotopic (exact) mass is 428 g/mol. The highest BCUT2D eigenvalue weighted by atomic mass is 35.5. The lowest BCUT2D eigenvalue weighted by atomic mass is 10.2. The number of allylic oxidation sites excluding steroid dienone is 1. The summed E-state index contributed by atoms with van der Waals surface area (Å²) in [4.78, 5) is 12.2. The van der Waals surface area contributed by atoms with Crippen LogP contribution in [0.5, 0.6) is 5.75 Å². The first-order valence-corrected chi connectivity index (χ1v) is 10.3. The SMILES string of the molecule is C=CCn1c(SCC(=O)NCc2ccc(Cl)cc2)nnc1-c1ccccc1OC. The zero-order valence-corrected chi connectivity index (χ0v) is 17.5. The van der Waals surface area contributed by atoms with E-state index in [1.165, 1.54) is 11.8 Å². The lowest BCUT2D eigenvalue weighted by Crippen LogP contribution is -2.24. The van der Waals surface area contributed by atoms with Gasteiger partial charge in [0.25, 0.3) is 0 Å². The van der Waals surface area contributed by atoms with Crippen LogP contribution in [0.25, 0.3) is 11.4 Å². The van der Waals surface area contributed by atoms with Gasteiger partial charge in [-0.3, -0.25) is 9.36 Å². The fourth-order valence-corrected chi connectivity index (χ4v) is 3.61. The van der Waals surface area contributed by atoms with E-state index in [2.05, 4.69) is 22.1 Å². The summed E-state index contributed by atoms with van der Waals surface area (Å²) in [7, 11) is 1.62. The van der Waals surface area contributed by atoms with Crippen molar-refractivity contribution in [3.05, 3.63) is 71.8 Å². The van der Waals surface area contributed by atoms with Crippen molar-refractivity contribution in [2.24, 2.45) is 0 Å². The Labute approximate surface area is 178 Å². The van der Waals surface area contributed by atoms with Gasteiger partial charge in [-0.05, 0) is 29.8 Å². The predicted molar refractivity (Wildman–Crippen MR) is 116 cm³/mol. The number of thioether (sulfide) groups is 1. The molecule has 150 valence electrons. The highest BCUT2D eigenvalue weighted by molar-refractivity contribution is 7.99. The number of carbonyl (C=O) groups excluding carboxylic acids is 1. The van der Waals surface area contributed by atoms with Crippen molar-refractivity contribution in [2.75, 3.05) is 12.9 Å².